The van der Waals surface area contributed by atoms with Gasteiger partial charge in [0.15, 0.2) is 0 Å². The van der Waals surface area contributed by atoms with Gasteiger partial charge in [0.1, 0.15) is 5.54 Å². The highest BCUT2D eigenvalue weighted by atomic mass is 16.2. The summed E-state index contributed by atoms with van der Waals surface area (Å²) >= 11 is 0. The van der Waals surface area contributed by atoms with Crippen molar-refractivity contribution in [2.45, 2.75) is 32.7 Å². The van der Waals surface area contributed by atoms with Gasteiger partial charge in [0.2, 0.25) is 11.8 Å². The van der Waals surface area contributed by atoms with Crippen molar-refractivity contribution in [3.63, 3.8) is 0 Å². The van der Waals surface area contributed by atoms with Crippen LogP contribution in [0.4, 0.5) is 0 Å². The van der Waals surface area contributed by atoms with Crippen molar-refractivity contribution < 1.29 is 9.59 Å². The Kier molecular flexibility index (Phi) is 3.22. The molecule has 0 spiro atoms. The van der Waals surface area contributed by atoms with E-state index in [1.54, 1.807) is 6.92 Å². The summed E-state index contributed by atoms with van der Waals surface area (Å²) in [7, 11) is 0. The number of rotatable bonds is 3. The highest BCUT2D eigenvalue weighted by Gasteiger charge is 2.45. The number of nitrogens with zero attached hydrogens (tertiary/aromatic N) is 2. The van der Waals surface area contributed by atoms with Crippen LogP contribution in [0.3, 0.4) is 0 Å². The molecule has 2 N–H and O–H groups in total. The molecule has 0 aromatic carbocycles. The van der Waals surface area contributed by atoms with Gasteiger partial charge in [0.25, 0.3) is 0 Å². The molecule has 1 heterocycles. The van der Waals surface area contributed by atoms with E-state index in [9.17, 15) is 14.9 Å². The molecule has 5 heteroatoms. The maximum Gasteiger partial charge on any atom is 0.224 e. The number of carbonyl (C=O) groups excluding carboxylic acids is 2. The molecule has 0 radical (unpaired) electrons. The van der Waals surface area contributed by atoms with Crippen molar-refractivity contribution in [2.75, 3.05) is 6.54 Å². The van der Waals surface area contributed by atoms with Gasteiger partial charge in [-0.15, -0.1) is 0 Å². The van der Waals surface area contributed by atoms with E-state index in [0.717, 1.165) is 0 Å². The number of amides is 2. The zero-order valence-corrected chi connectivity index (χ0v) is 9.86. The zero-order chi connectivity index (χ0) is 12.5. The SMILES string of the molecule is CC(C)C(C)(C#N)N1CC(C(N)=O)CC1=O. The lowest BCUT2D eigenvalue weighted by molar-refractivity contribution is -0.132. The lowest BCUT2D eigenvalue weighted by Crippen LogP contribution is -2.50. The molecule has 1 rings (SSSR count). The number of hydrogen-bond acceptors (Lipinski definition) is 3. The summed E-state index contributed by atoms with van der Waals surface area (Å²) in [6, 6.07) is 2.16. The monoisotopic (exact) mass is 223 g/mol. The van der Waals surface area contributed by atoms with E-state index in [4.69, 9.17) is 5.73 Å². The molecule has 0 aromatic rings. The molecule has 16 heavy (non-hydrogen) atoms. The fraction of sp³-hybridized carbons (Fsp3) is 0.727. The molecule has 0 bridgehead atoms. The number of likely N-dealkylation sites (tertiary alicyclic amines) is 1. The molecule has 0 aliphatic carbocycles. The maximum atomic E-state index is 11.8. The molecular weight excluding hydrogens is 206 g/mol. The molecule has 1 aliphatic rings. The molecule has 88 valence electrons. The number of hydrogen-bond donors (Lipinski definition) is 1. The van der Waals surface area contributed by atoms with E-state index >= 15 is 0 Å². The predicted octanol–water partition coefficient (Wildman–Crippen LogP) is 0.258. The van der Waals surface area contributed by atoms with Crippen molar-refractivity contribution in [3.05, 3.63) is 0 Å². The summed E-state index contributed by atoms with van der Waals surface area (Å²) in [5.74, 6) is -1.09. The van der Waals surface area contributed by atoms with E-state index in [0.29, 0.717) is 0 Å². The van der Waals surface area contributed by atoms with Crippen LogP contribution in [0.2, 0.25) is 0 Å². The first-order valence-electron chi connectivity index (χ1n) is 5.34. The van der Waals surface area contributed by atoms with Crippen LogP contribution in [-0.2, 0) is 9.59 Å². The normalized spacial score (nSPS) is 24.3. The smallest absolute Gasteiger partial charge is 0.224 e. The van der Waals surface area contributed by atoms with Crippen LogP contribution in [0.1, 0.15) is 27.2 Å². The van der Waals surface area contributed by atoms with Crippen LogP contribution in [0.25, 0.3) is 0 Å². The number of nitriles is 1. The van der Waals surface area contributed by atoms with E-state index in [-0.39, 0.29) is 24.8 Å². The number of nitrogens with two attached hydrogens (primary N) is 1. The van der Waals surface area contributed by atoms with Crippen LogP contribution >= 0.6 is 0 Å². The molecule has 1 fully saturated rings. The first kappa shape index (κ1) is 12.5. The Balaban J connectivity index is 2.95. The Hall–Kier alpha value is -1.57. The zero-order valence-electron chi connectivity index (χ0n) is 9.86. The van der Waals surface area contributed by atoms with Crippen LogP contribution in [0.15, 0.2) is 0 Å². The van der Waals surface area contributed by atoms with Crippen LogP contribution in [0, 0.1) is 23.2 Å². The minimum Gasteiger partial charge on any atom is -0.369 e. The van der Waals surface area contributed by atoms with Crippen molar-refractivity contribution >= 4 is 11.8 Å². The van der Waals surface area contributed by atoms with Crippen LogP contribution < -0.4 is 5.73 Å². The topological polar surface area (TPSA) is 87.2 Å². The predicted molar refractivity (Wildman–Crippen MR) is 57.9 cm³/mol. The van der Waals surface area contributed by atoms with E-state index in [2.05, 4.69) is 6.07 Å². The van der Waals surface area contributed by atoms with E-state index in [1.807, 2.05) is 13.8 Å². The Morgan fingerprint density at radius 2 is 2.25 bits per heavy atom. The van der Waals surface area contributed by atoms with Crippen molar-refractivity contribution in [2.24, 2.45) is 17.6 Å². The van der Waals surface area contributed by atoms with Gasteiger partial charge in [-0.2, -0.15) is 5.26 Å². The average molecular weight is 223 g/mol. The van der Waals surface area contributed by atoms with Crippen LogP contribution in [-0.4, -0.2) is 28.8 Å². The maximum absolute atomic E-state index is 11.8. The summed E-state index contributed by atoms with van der Waals surface area (Å²) in [4.78, 5) is 24.3. The lowest BCUT2D eigenvalue weighted by atomic mass is 9.88. The van der Waals surface area contributed by atoms with Gasteiger partial charge < -0.3 is 10.6 Å². The quantitative estimate of drug-likeness (QED) is 0.744. The minimum atomic E-state index is -0.860. The second-order valence-corrected chi connectivity index (χ2v) is 4.72. The first-order chi connectivity index (χ1) is 7.32. The largest absolute Gasteiger partial charge is 0.369 e. The third-order valence-electron chi connectivity index (χ3n) is 3.44. The van der Waals surface area contributed by atoms with Gasteiger partial charge in [-0.1, -0.05) is 13.8 Å². The molecule has 2 atom stereocenters. The van der Waals surface area contributed by atoms with Crippen molar-refractivity contribution in [1.29, 1.82) is 5.26 Å². The summed E-state index contributed by atoms with van der Waals surface area (Å²) in [6.45, 7) is 5.75. The van der Waals surface area contributed by atoms with Gasteiger partial charge >= 0.3 is 0 Å². The Labute approximate surface area is 95.2 Å². The Morgan fingerprint density at radius 3 is 2.56 bits per heavy atom. The summed E-state index contributed by atoms with van der Waals surface area (Å²) in [5.41, 5.74) is 4.32. The van der Waals surface area contributed by atoms with Crippen LogP contribution in [0.5, 0.6) is 0 Å². The molecule has 1 saturated heterocycles. The average Bonchev–Trinajstić information content (AvgIpc) is 2.59. The standard InChI is InChI=1S/C11H17N3O2/c1-7(2)11(3,6-12)14-5-8(10(13)16)4-9(14)15/h7-8H,4-5H2,1-3H3,(H2,13,16). The highest BCUT2D eigenvalue weighted by molar-refractivity contribution is 5.89. The molecule has 2 unspecified atom stereocenters. The van der Waals surface area contributed by atoms with Gasteiger partial charge in [-0.05, 0) is 12.8 Å². The third-order valence-corrected chi connectivity index (χ3v) is 3.44. The molecule has 1 aliphatic heterocycles. The van der Waals surface area contributed by atoms with Crippen molar-refractivity contribution in [1.82, 2.24) is 4.90 Å². The molecule has 0 aromatic heterocycles. The van der Waals surface area contributed by atoms with Gasteiger partial charge in [-0.3, -0.25) is 9.59 Å². The molecule has 2 amide bonds. The fourth-order valence-corrected chi connectivity index (χ4v) is 1.85. The second-order valence-electron chi connectivity index (χ2n) is 4.72. The van der Waals surface area contributed by atoms with E-state index < -0.39 is 17.4 Å². The lowest BCUT2D eigenvalue weighted by Gasteiger charge is -2.36. The highest BCUT2D eigenvalue weighted by Crippen LogP contribution is 2.30. The summed E-state index contributed by atoms with van der Waals surface area (Å²) in [5, 5.41) is 9.20. The van der Waals surface area contributed by atoms with Crippen molar-refractivity contribution in [3.8, 4) is 6.07 Å². The van der Waals surface area contributed by atoms with Gasteiger partial charge in [0, 0.05) is 13.0 Å². The van der Waals surface area contributed by atoms with Gasteiger partial charge in [-0.25, -0.2) is 0 Å². The third kappa shape index (κ3) is 1.87. The van der Waals surface area contributed by atoms with Gasteiger partial charge in [0.05, 0.1) is 12.0 Å². The summed E-state index contributed by atoms with van der Waals surface area (Å²) < 4.78 is 0. The molecule has 5 nitrogen and oxygen atoms in total. The Bertz CT molecular complexity index is 359. The summed E-state index contributed by atoms with van der Waals surface area (Å²) in [6.07, 6.45) is 0.124. The van der Waals surface area contributed by atoms with E-state index in [1.165, 1.54) is 4.90 Å². The number of carbonyl (C=O) groups is 2. The molecular formula is C11H17N3O2. The first-order valence-corrected chi connectivity index (χ1v) is 5.34. The fourth-order valence-electron chi connectivity index (χ4n) is 1.85. The minimum absolute atomic E-state index is 0.00748. The molecule has 0 saturated carbocycles. The number of primary amides is 1. The second kappa shape index (κ2) is 4.12. The Morgan fingerprint density at radius 1 is 1.69 bits per heavy atom.